The van der Waals surface area contributed by atoms with Crippen molar-refractivity contribution in [2.24, 2.45) is 0 Å². The zero-order valence-electron chi connectivity index (χ0n) is 25.3. The minimum atomic E-state index is -4.82. The van der Waals surface area contributed by atoms with Crippen LogP contribution in [0.4, 0.5) is 11.4 Å². The van der Waals surface area contributed by atoms with Crippen molar-refractivity contribution in [3.8, 4) is 0 Å². The lowest BCUT2D eigenvalue weighted by Gasteiger charge is -2.15. The number of fused-ring (bicyclic) bond motifs is 2. The van der Waals surface area contributed by atoms with Gasteiger partial charge in [0.15, 0.2) is 0 Å². The molecule has 0 bridgehead atoms. The number of carbonyl (C=O) groups excluding carboxylic acids is 2. The molecule has 0 amide bonds. The monoisotopic (exact) mass is 744 g/mol. The second kappa shape index (κ2) is 13.7. The Hall–Kier alpha value is -5.10. The fourth-order valence-electron chi connectivity index (χ4n) is 5.14. The average molecular weight is 745 g/mol. The highest BCUT2D eigenvalue weighted by molar-refractivity contribution is 7.86. The highest BCUT2D eigenvalue weighted by Gasteiger charge is 2.24. The molecule has 2 aliphatic rings. The molecule has 0 fully saturated rings. The molecule has 4 aromatic rings. The molecule has 2 heterocycles. The zero-order valence-corrected chi connectivity index (χ0v) is 28.8. The predicted octanol–water partition coefficient (Wildman–Crippen LogP) is 6.07. The highest BCUT2D eigenvalue weighted by Crippen LogP contribution is 2.31. The number of rotatable bonds is 8. The van der Waals surface area contributed by atoms with Crippen molar-refractivity contribution in [1.29, 1.82) is 0 Å². The number of pyridine rings is 2. The van der Waals surface area contributed by atoms with E-state index in [1.54, 1.807) is 48.6 Å². The van der Waals surface area contributed by atoms with Crippen LogP contribution in [0.2, 0.25) is 0 Å². The molecule has 4 N–H and O–H groups in total. The van der Waals surface area contributed by atoms with Crippen LogP contribution in [0.1, 0.15) is 43.2 Å². The number of ketones is 2. The summed E-state index contributed by atoms with van der Waals surface area (Å²) in [5, 5.41) is 5.91. The third kappa shape index (κ3) is 7.25. The van der Waals surface area contributed by atoms with Crippen LogP contribution in [0.5, 0.6) is 0 Å². The standard InChI is InChI=1S/C34H24N4O8S4/c39-31-25(13-9-21-3-1-15-35-29(21)31)33(47)37-23-11-7-19(27(17-23)49(41,42)43)5-6-20-8-12-24(18-28(20)50(44,45)46)38-34(48)26-14-10-22-4-2-16-36-30(22)32(26)40/h1-18,37-38,47-48H,(H,41,42,43)(H,44,45,46)/b6-5+,33-25+,34-26+. The third-order valence-electron chi connectivity index (χ3n) is 7.52. The van der Waals surface area contributed by atoms with Gasteiger partial charge in [-0.15, -0.1) is 25.3 Å². The van der Waals surface area contributed by atoms with Gasteiger partial charge in [0.2, 0.25) is 11.6 Å². The van der Waals surface area contributed by atoms with Crippen LogP contribution in [-0.2, 0) is 20.2 Å². The van der Waals surface area contributed by atoms with Crippen LogP contribution in [0.3, 0.4) is 0 Å². The van der Waals surface area contributed by atoms with Gasteiger partial charge in [-0.2, -0.15) is 16.8 Å². The number of benzene rings is 2. The van der Waals surface area contributed by atoms with E-state index in [0.29, 0.717) is 11.1 Å². The molecule has 0 atom stereocenters. The van der Waals surface area contributed by atoms with Crippen molar-refractivity contribution in [2.75, 3.05) is 10.6 Å². The van der Waals surface area contributed by atoms with E-state index >= 15 is 0 Å². The van der Waals surface area contributed by atoms with Gasteiger partial charge < -0.3 is 10.6 Å². The van der Waals surface area contributed by atoms with E-state index in [0.717, 1.165) is 12.1 Å². The van der Waals surface area contributed by atoms with Gasteiger partial charge >= 0.3 is 0 Å². The molecule has 2 aromatic carbocycles. The maximum Gasteiger partial charge on any atom is 0.295 e. The number of anilines is 2. The summed E-state index contributed by atoms with van der Waals surface area (Å²) in [5.41, 5.74) is 2.36. The van der Waals surface area contributed by atoms with Crippen molar-refractivity contribution in [2.45, 2.75) is 9.79 Å². The largest absolute Gasteiger partial charge is 0.350 e. The molecule has 0 radical (unpaired) electrons. The van der Waals surface area contributed by atoms with Gasteiger partial charge in [0.25, 0.3) is 20.2 Å². The van der Waals surface area contributed by atoms with Crippen molar-refractivity contribution < 1.29 is 35.5 Å². The molecule has 16 heteroatoms. The van der Waals surface area contributed by atoms with Crippen LogP contribution < -0.4 is 10.6 Å². The zero-order chi connectivity index (χ0) is 35.8. The number of nitrogens with zero attached hydrogens (tertiary/aromatic N) is 2. The Morgan fingerprint density at radius 2 is 1.02 bits per heavy atom. The predicted molar refractivity (Wildman–Crippen MR) is 196 cm³/mol. The van der Waals surface area contributed by atoms with E-state index < -0.39 is 41.6 Å². The quantitative estimate of drug-likeness (QED) is 0.0529. The molecule has 2 aromatic heterocycles. The molecule has 6 rings (SSSR count). The van der Waals surface area contributed by atoms with Crippen molar-refractivity contribution in [1.82, 2.24) is 9.97 Å². The summed E-state index contributed by atoms with van der Waals surface area (Å²) in [7, 11) is -9.63. The van der Waals surface area contributed by atoms with Gasteiger partial charge in [-0.1, -0.05) is 48.6 Å². The number of Topliss-reactive ketones (excluding diaryl/α,β-unsaturated/α-hetero) is 2. The molecule has 2 aliphatic carbocycles. The van der Waals surface area contributed by atoms with E-state index in [9.17, 15) is 35.5 Å². The molecule has 12 nitrogen and oxygen atoms in total. The molecule has 0 spiro atoms. The normalized spacial score (nSPS) is 16.2. The Morgan fingerprint density at radius 1 is 0.620 bits per heavy atom. The lowest BCUT2D eigenvalue weighted by Crippen LogP contribution is -2.13. The first-order valence-corrected chi connectivity index (χ1v) is 18.2. The van der Waals surface area contributed by atoms with E-state index in [4.69, 9.17) is 0 Å². The third-order valence-corrected chi connectivity index (χ3v) is 10.0. The van der Waals surface area contributed by atoms with E-state index in [1.165, 1.54) is 48.8 Å². The molecule has 252 valence electrons. The summed E-state index contributed by atoms with van der Waals surface area (Å²) in [6.45, 7) is 0. The summed E-state index contributed by atoms with van der Waals surface area (Å²) in [4.78, 5) is 33.1. The first-order valence-electron chi connectivity index (χ1n) is 14.4. The van der Waals surface area contributed by atoms with Crippen molar-refractivity contribution in [3.05, 3.63) is 140 Å². The van der Waals surface area contributed by atoms with Crippen LogP contribution in [0.15, 0.2) is 116 Å². The van der Waals surface area contributed by atoms with Crippen LogP contribution in [-0.4, -0.2) is 47.5 Å². The fourth-order valence-corrected chi connectivity index (χ4v) is 7.17. The average Bonchev–Trinajstić information content (AvgIpc) is 3.07. The second-order valence-electron chi connectivity index (χ2n) is 10.8. The van der Waals surface area contributed by atoms with Crippen LogP contribution in [0.25, 0.3) is 24.3 Å². The minimum Gasteiger partial charge on any atom is -0.350 e. The maximum absolute atomic E-state index is 13.0. The molecule has 0 aliphatic heterocycles. The lowest BCUT2D eigenvalue weighted by atomic mass is 9.98. The SMILES string of the molecule is O=C1/C(=C(/S)Nc2ccc(/C=C/c3ccc(N/C(S)=C4/C=Cc5cccnc5C4=O)cc3S(=O)(=O)O)c(S(=O)(=O)O)c2)C=Cc2cccnc21. The first kappa shape index (κ1) is 34.8. The van der Waals surface area contributed by atoms with E-state index in [-0.39, 0.29) is 55.1 Å². The molecular weight excluding hydrogens is 721 g/mol. The Balaban J connectivity index is 1.28. The maximum atomic E-state index is 13.0. The number of aromatic nitrogens is 2. The van der Waals surface area contributed by atoms with Crippen LogP contribution >= 0.6 is 25.3 Å². The van der Waals surface area contributed by atoms with Crippen LogP contribution in [0, 0.1) is 0 Å². The van der Waals surface area contributed by atoms with Gasteiger partial charge in [0, 0.05) is 34.9 Å². The Labute approximate surface area is 297 Å². The first-order chi connectivity index (χ1) is 23.7. The Morgan fingerprint density at radius 3 is 1.40 bits per heavy atom. The molecule has 0 unspecified atom stereocenters. The van der Waals surface area contributed by atoms with Gasteiger partial charge in [-0.05, 0) is 59.7 Å². The second-order valence-corrected chi connectivity index (χ2v) is 14.4. The lowest BCUT2D eigenvalue weighted by molar-refractivity contribution is 0.102. The van der Waals surface area contributed by atoms with Gasteiger partial charge in [0.05, 0.1) is 21.2 Å². The van der Waals surface area contributed by atoms with Crippen molar-refractivity contribution >= 4 is 92.7 Å². The van der Waals surface area contributed by atoms with E-state index in [2.05, 4.69) is 45.9 Å². The van der Waals surface area contributed by atoms with E-state index in [1.807, 2.05) is 0 Å². The number of thiol groups is 2. The molecular formula is C34H24N4O8S4. The Kier molecular flexibility index (Phi) is 9.50. The van der Waals surface area contributed by atoms with Crippen molar-refractivity contribution in [3.63, 3.8) is 0 Å². The summed E-state index contributed by atoms with van der Waals surface area (Å²) in [6, 6.07) is 14.7. The number of nitrogens with one attached hydrogen (secondary N) is 2. The number of allylic oxidation sites excluding steroid dienone is 4. The smallest absolute Gasteiger partial charge is 0.295 e. The fraction of sp³-hybridized carbons (Fsp3) is 0. The molecule has 0 saturated carbocycles. The number of hydrogen-bond donors (Lipinski definition) is 6. The summed E-state index contributed by atoms with van der Waals surface area (Å²) in [6.07, 6.45) is 11.9. The van der Waals surface area contributed by atoms with Gasteiger partial charge in [-0.3, -0.25) is 28.7 Å². The highest BCUT2D eigenvalue weighted by atomic mass is 32.2. The molecule has 50 heavy (non-hydrogen) atoms. The van der Waals surface area contributed by atoms with Gasteiger partial charge in [-0.25, -0.2) is 0 Å². The summed E-state index contributed by atoms with van der Waals surface area (Å²) < 4.78 is 69.6. The topological polar surface area (TPSA) is 193 Å². The summed E-state index contributed by atoms with van der Waals surface area (Å²) in [5.74, 6) is -0.786. The number of hydrogen-bond acceptors (Lipinski definition) is 12. The molecule has 0 saturated heterocycles. The Bertz CT molecular complexity index is 2330. The number of carbonyl (C=O) groups is 2. The minimum absolute atomic E-state index is 0.0273. The van der Waals surface area contributed by atoms with Gasteiger partial charge in [0.1, 0.15) is 21.2 Å². The summed E-state index contributed by atoms with van der Waals surface area (Å²) >= 11 is 8.79.